The fraction of sp³-hybridized carbons (Fsp3) is 0.286. The van der Waals surface area contributed by atoms with Crippen molar-refractivity contribution in [1.82, 2.24) is 9.78 Å². The van der Waals surface area contributed by atoms with E-state index in [-0.39, 0.29) is 5.78 Å². The Morgan fingerprint density at radius 1 is 1.37 bits per heavy atom. The molecule has 0 saturated carbocycles. The molecule has 0 fully saturated rings. The third-order valence-corrected chi connectivity index (χ3v) is 3.44. The molecule has 1 aromatic heterocycles. The summed E-state index contributed by atoms with van der Waals surface area (Å²) in [4.78, 5) is 11.9. The molecule has 1 heterocycles. The van der Waals surface area contributed by atoms with E-state index in [1.54, 1.807) is 29.1 Å². The van der Waals surface area contributed by atoms with E-state index in [4.69, 9.17) is 23.2 Å². The topological polar surface area (TPSA) is 34.9 Å². The second-order valence-electron chi connectivity index (χ2n) is 4.47. The lowest BCUT2D eigenvalue weighted by Crippen LogP contribution is -2.04. The molecule has 0 atom stereocenters. The van der Waals surface area contributed by atoms with Gasteiger partial charge in [0.25, 0.3) is 0 Å². The maximum Gasteiger partial charge on any atom is 0.137 e. The molecule has 2 aromatic rings. The fourth-order valence-electron chi connectivity index (χ4n) is 1.85. The van der Waals surface area contributed by atoms with Crippen molar-refractivity contribution < 1.29 is 4.79 Å². The van der Waals surface area contributed by atoms with Crippen LogP contribution in [0.25, 0.3) is 0 Å². The number of carbonyl (C=O) groups excluding carboxylic acids is 1. The second kappa shape index (κ2) is 6.22. The van der Waals surface area contributed by atoms with Crippen molar-refractivity contribution in [2.45, 2.75) is 19.3 Å². The number of hydrogen-bond donors (Lipinski definition) is 0. The molecule has 0 amide bonds. The minimum absolute atomic E-state index is 0.160. The Balaban J connectivity index is 1.90. The Morgan fingerprint density at radius 2 is 2.16 bits per heavy atom. The van der Waals surface area contributed by atoms with Crippen LogP contribution in [-0.4, -0.2) is 15.6 Å². The molecule has 0 aliphatic heterocycles. The van der Waals surface area contributed by atoms with E-state index in [0.29, 0.717) is 29.3 Å². The molecule has 0 aliphatic carbocycles. The molecule has 0 bridgehead atoms. The zero-order chi connectivity index (χ0) is 13.8. The number of aromatic nitrogens is 2. The molecule has 0 saturated heterocycles. The molecule has 0 aliphatic rings. The fourth-order valence-corrected chi connectivity index (χ4v) is 2.33. The minimum atomic E-state index is 0.160. The number of hydrogen-bond acceptors (Lipinski definition) is 2. The van der Waals surface area contributed by atoms with Crippen LogP contribution < -0.4 is 0 Å². The highest BCUT2D eigenvalue weighted by Crippen LogP contribution is 2.21. The van der Waals surface area contributed by atoms with E-state index in [9.17, 15) is 4.79 Å². The number of halogens is 2. The monoisotopic (exact) mass is 296 g/mol. The summed E-state index contributed by atoms with van der Waals surface area (Å²) in [6, 6.07) is 5.21. The van der Waals surface area contributed by atoms with Gasteiger partial charge in [-0.3, -0.25) is 9.48 Å². The first-order chi connectivity index (χ1) is 9.04. The van der Waals surface area contributed by atoms with Crippen LogP contribution in [0.3, 0.4) is 0 Å². The summed E-state index contributed by atoms with van der Waals surface area (Å²) in [5.41, 5.74) is 1.89. The van der Waals surface area contributed by atoms with E-state index in [2.05, 4.69) is 5.10 Å². The number of rotatable bonds is 5. The van der Waals surface area contributed by atoms with Crippen molar-refractivity contribution in [3.8, 4) is 0 Å². The number of ketones is 1. The molecule has 5 heteroatoms. The van der Waals surface area contributed by atoms with Crippen LogP contribution in [0.1, 0.15) is 17.5 Å². The van der Waals surface area contributed by atoms with Gasteiger partial charge in [-0.15, -0.1) is 0 Å². The molecule has 3 nitrogen and oxygen atoms in total. The van der Waals surface area contributed by atoms with Crippen molar-refractivity contribution in [3.63, 3.8) is 0 Å². The van der Waals surface area contributed by atoms with Crippen LogP contribution in [0, 0.1) is 0 Å². The Hall–Kier alpha value is -1.32. The maximum absolute atomic E-state index is 11.9. The molecular formula is C14H14Cl2N2O. The van der Waals surface area contributed by atoms with E-state index in [1.807, 2.05) is 13.2 Å². The first-order valence-electron chi connectivity index (χ1n) is 5.98. The summed E-state index contributed by atoms with van der Waals surface area (Å²) < 4.78 is 1.73. The van der Waals surface area contributed by atoms with Crippen LogP contribution in [0.5, 0.6) is 0 Å². The molecule has 100 valence electrons. The van der Waals surface area contributed by atoms with Crippen molar-refractivity contribution in [2.24, 2.45) is 7.05 Å². The van der Waals surface area contributed by atoms with Gasteiger partial charge in [0.05, 0.1) is 6.20 Å². The molecule has 0 N–H and O–H groups in total. The normalized spacial score (nSPS) is 10.7. The Morgan fingerprint density at radius 3 is 2.79 bits per heavy atom. The number of carbonyl (C=O) groups is 1. The highest BCUT2D eigenvalue weighted by Gasteiger charge is 2.08. The van der Waals surface area contributed by atoms with Gasteiger partial charge in [-0.2, -0.15) is 5.10 Å². The summed E-state index contributed by atoms with van der Waals surface area (Å²) >= 11 is 11.9. The molecule has 1 aromatic carbocycles. The summed E-state index contributed by atoms with van der Waals surface area (Å²) in [5.74, 6) is 0.160. The number of nitrogens with zero attached hydrogens (tertiary/aromatic N) is 2. The Labute approximate surface area is 122 Å². The van der Waals surface area contributed by atoms with Gasteiger partial charge in [0, 0.05) is 36.1 Å². The highest BCUT2D eigenvalue weighted by molar-refractivity contribution is 6.35. The quantitative estimate of drug-likeness (QED) is 0.847. The lowest BCUT2D eigenvalue weighted by Gasteiger charge is -2.04. The van der Waals surface area contributed by atoms with Crippen LogP contribution in [0.4, 0.5) is 0 Å². The van der Waals surface area contributed by atoms with Gasteiger partial charge >= 0.3 is 0 Å². The van der Waals surface area contributed by atoms with Gasteiger partial charge in [0.2, 0.25) is 0 Å². The SMILES string of the molecule is Cn1cc(CCC(=O)Cc2ccc(Cl)cc2Cl)cn1. The predicted molar refractivity (Wildman–Crippen MR) is 76.7 cm³/mol. The number of benzene rings is 1. The second-order valence-corrected chi connectivity index (χ2v) is 5.32. The van der Waals surface area contributed by atoms with Gasteiger partial charge in [0.1, 0.15) is 5.78 Å². The molecule has 0 radical (unpaired) electrons. The van der Waals surface area contributed by atoms with Crippen LogP contribution in [0.2, 0.25) is 10.0 Å². The smallest absolute Gasteiger partial charge is 0.137 e. The predicted octanol–water partition coefficient (Wildman–Crippen LogP) is 3.47. The first-order valence-corrected chi connectivity index (χ1v) is 6.73. The number of aryl methyl sites for hydroxylation is 2. The van der Waals surface area contributed by atoms with Crippen LogP contribution >= 0.6 is 23.2 Å². The molecule has 0 spiro atoms. The molecule has 0 unspecified atom stereocenters. The van der Waals surface area contributed by atoms with Gasteiger partial charge in [-0.25, -0.2) is 0 Å². The average molecular weight is 297 g/mol. The van der Waals surface area contributed by atoms with E-state index < -0.39 is 0 Å². The van der Waals surface area contributed by atoms with Crippen molar-refractivity contribution >= 4 is 29.0 Å². The lowest BCUT2D eigenvalue weighted by atomic mass is 10.0. The third-order valence-electron chi connectivity index (χ3n) is 2.85. The zero-order valence-corrected chi connectivity index (χ0v) is 12.1. The largest absolute Gasteiger partial charge is 0.299 e. The molecular weight excluding hydrogens is 283 g/mol. The van der Waals surface area contributed by atoms with Gasteiger partial charge < -0.3 is 0 Å². The Kier molecular flexibility index (Phi) is 4.61. The minimum Gasteiger partial charge on any atom is -0.299 e. The van der Waals surface area contributed by atoms with E-state index >= 15 is 0 Å². The summed E-state index contributed by atoms with van der Waals surface area (Å²) in [6.07, 6.45) is 5.24. The highest BCUT2D eigenvalue weighted by atomic mass is 35.5. The van der Waals surface area contributed by atoms with E-state index in [1.165, 1.54) is 0 Å². The van der Waals surface area contributed by atoms with E-state index in [0.717, 1.165) is 11.1 Å². The van der Waals surface area contributed by atoms with Crippen molar-refractivity contribution in [3.05, 3.63) is 51.8 Å². The third kappa shape index (κ3) is 4.08. The summed E-state index contributed by atoms with van der Waals surface area (Å²) in [6.45, 7) is 0. The van der Waals surface area contributed by atoms with Crippen LogP contribution in [-0.2, 0) is 24.7 Å². The van der Waals surface area contributed by atoms with Crippen molar-refractivity contribution in [2.75, 3.05) is 0 Å². The average Bonchev–Trinajstić information content (AvgIpc) is 2.76. The molecule has 19 heavy (non-hydrogen) atoms. The van der Waals surface area contributed by atoms with Crippen LogP contribution in [0.15, 0.2) is 30.6 Å². The molecule has 2 rings (SSSR count). The maximum atomic E-state index is 11.9. The number of Topliss-reactive ketones (excluding diaryl/α,β-unsaturated/α-hetero) is 1. The van der Waals surface area contributed by atoms with Gasteiger partial charge in [-0.05, 0) is 29.7 Å². The zero-order valence-electron chi connectivity index (χ0n) is 10.6. The van der Waals surface area contributed by atoms with Gasteiger partial charge in [-0.1, -0.05) is 29.3 Å². The standard InChI is InChI=1S/C14H14Cl2N2O/c1-18-9-10(8-17-18)2-5-13(19)6-11-3-4-12(15)7-14(11)16/h3-4,7-9H,2,5-6H2,1H3. The van der Waals surface area contributed by atoms with Gasteiger partial charge in [0.15, 0.2) is 0 Å². The Bertz CT molecular complexity index is 593. The van der Waals surface area contributed by atoms with Crippen molar-refractivity contribution in [1.29, 1.82) is 0 Å². The summed E-state index contributed by atoms with van der Waals surface area (Å²) in [7, 11) is 1.86. The summed E-state index contributed by atoms with van der Waals surface area (Å²) in [5, 5.41) is 5.20. The first kappa shape index (κ1) is 14.1. The lowest BCUT2D eigenvalue weighted by molar-refractivity contribution is -0.118.